The number of aromatic nitrogens is 2. The second-order valence-electron chi connectivity index (χ2n) is 12.2. The van der Waals surface area contributed by atoms with Crippen LogP contribution >= 0.6 is 42.9 Å². The van der Waals surface area contributed by atoms with Crippen LogP contribution in [-0.4, -0.2) is 117 Å². The lowest BCUT2D eigenvalue weighted by atomic mass is 10.1. The fourth-order valence-corrected chi connectivity index (χ4v) is 5.76. The lowest BCUT2D eigenvalue weighted by molar-refractivity contribution is 0.272. The van der Waals surface area contributed by atoms with Crippen molar-refractivity contribution in [1.29, 1.82) is 0 Å². The predicted molar refractivity (Wildman–Crippen MR) is 206 cm³/mol. The zero-order valence-electron chi connectivity index (χ0n) is 29.9. The molecule has 6 rings (SSSR count). The summed E-state index contributed by atoms with van der Waals surface area (Å²) in [5.41, 5.74) is 5.96. The third-order valence-electron chi connectivity index (χ3n) is 7.49. The first-order valence-corrected chi connectivity index (χ1v) is 22.8. The molecule has 2 aromatic heterocycles. The van der Waals surface area contributed by atoms with Crippen LogP contribution in [0.1, 0.15) is 36.8 Å². The van der Waals surface area contributed by atoms with E-state index in [1.807, 2.05) is 30.3 Å². The van der Waals surface area contributed by atoms with E-state index in [0.717, 1.165) is 83.7 Å². The van der Waals surface area contributed by atoms with Crippen molar-refractivity contribution >= 4 is 76.2 Å². The van der Waals surface area contributed by atoms with Crippen molar-refractivity contribution in [1.82, 2.24) is 19.8 Å². The van der Waals surface area contributed by atoms with Gasteiger partial charge >= 0.3 is 31.3 Å². The van der Waals surface area contributed by atoms with Gasteiger partial charge < -0.3 is 73.9 Å². The Hall–Kier alpha value is -2.69. The van der Waals surface area contributed by atoms with Gasteiger partial charge in [-0.05, 0) is 88.3 Å². The van der Waals surface area contributed by atoms with Crippen molar-refractivity contribution in [2.45, 2.75) is 38.8 Å². The number of likely N-dealkylation sites (tertiary alicyclic amines) is 2. The number of hydrogen-bond acceptors (Lipinski definition) is 11. The number of nitrogens with one attached hydrogen (secondary N) is 1. The first-order chi connectivity index (χ1) is 26.1. The largest absolute Gasteiger partial charge is 0.507 e. The summed E-state index contributed by atoms with van der Waals surface area (Å²) in [5.74, 6) is 0.946. The van der Waals surface area contributed by atoms with Crippen LogP contribution in [0, 0.1) is 0 Å². The number of phenols is 1. The van der Waals surface area contributed by atoms with Gasteiger partial charge in [0.05, 0.1) is 23.8 Å². The number of benzene rings is 2. The summed E-state index contributed by atoms with van der Waals surface area (Å²) in [4.78, 5) is 101. The Bertz CT molecular complexity index is 1980. The summed E-state index contributed by atoms with van der Waals surface area (Å²) in [6.45, 7) is 5.78. The maximum atomic E-state index is 11.3. The van der Waals surface area contributed by atoms with Crippen molar-refractivity contribution in [3.05, 3.63) is 58.6 Å². The molecule has 23 nitrogen and oxygen atoms in total. The summed E-state index contributed by atoms with van der Waals surface area (Å²) in [6.07, 6.45) is 4.85. The summed E-state index contributed by atoms with van der Waals surface area (Å²) < 4.78 is 41.0. The van der Waals surface area contributed by atoms with E-state index in [2.05, 4.69) is 27.2 Å². The molecule has 14 N–H and O–H groups in total. The van der Waals surface area contributed by atoms with E-state index in [9.17, 15) is 5.11 Å². The van der Waals surface area contributed by atoms with E-state index >= 15 is 0 Å². The fourth-order valence-electron chi connectivity index (χ4n) is 5.60. The second-order valence-corrected chi connectivity index (χ2v) is 16.7. The highest BCUT2D eigenvalue weighted by molar-refractivity contribution is 7.45. The summed E-state index contributed by atoms with van der Waals surface area (Å²) in [6, 6.07) is 13.6. The van der Waals surface area contributed by atoms with Crippen LogP contribution in [-0.2, 0) is 31.3 Å². The van der Waals surface area contributed by atoms with Crippen molar-refractivity contribution in [2.24, 2.45) is 0 Å². The van der Waals surface area contributed by atoms with Gasteiger partial charge in [0.25, 0.3) is 0 Å². The number of phosphoric acid groups is 4. The van der Waals surface area contributed by atoms with Gasteiger partial charge in [0.2, 0.25) is 5.88 Å². The number of rotatable bonds is 7. The molecule has 0 amide bonds. The van der Waals surface area contributed by atoms with E-state index < -0.39 is 31.3 Å². The van der Waals surface area contributed by atoms with Crippen molar-refractivity contribution < 1.29 is 86.8 Å². The van der Waals surface area contributed by atoms with Crippen molar-refractivity contribution in [3.8, 4) is 11.6 Å². The Morgan fingerprint density at radius 3 is 1.47 bits per heavy atom. The SMILES string of the molecule is COc1ccc2nc3cc(Cl)ccc3c(Nc3cc([13CH2]N4CCCC4)c(O)c([13CH2]N4CCCC4)c3)c2n1.O=P(O)(O)O.O=P(O)(O)O.O=P(O)(O)O.O=P(O)(O)O. The van der Waals surface area contributed by atoms with Gasteiger partial charge in [0.15, 0.2) is 0 Å². The average Bonchev–Trinajstić information content (AvgIpc) is 3.74. The molecule has 4 aromatic rings. The molecule has 4 heterocycles. The number of fused-ring (bicyclic) bond motifs is 2. The summed E-state index contributed by atoms with van der Waals surface area (Å²) >= 11 is 6.32. The van der Waals surface area contributed by atoms with Crippen LogP contribution in [0.3, 0.4) is 0 Å². The number of pyridine rings is 2. The third-order valence-corrected chi connectivity index (χ3v) is 7.72. The van der Waals surface area contributed by atoms with Crippen LogP contribution < -0.4 is 10.1 Å². The van der Waals surface area contributed by atoms with Gasteiger partial charge in [0.1, 0.15) is 11.3 Å². The molecule has 0 bridgehead atoms. The molecule has 57 heavy (non-hydrogen) atoms. The minimum atomic E-state index is -4.64. The number of halogens is 1. The lowest BCUT2D eigenvalue weighted by Gasteiger charge is -2.22. The van der Waals surface area contributed by atoms with Gasteiger partial charge in [-0.1, -0.05) is 11.6 Å². The maximum Gasteiger partial charge on any atom is 0.466 e. The molecule has 0 saturated carbocycles. The molecule has 2 saturated heterocycles. The number of ether oxygens (including phenoxy) is 1. The molecular formula is C29H44ClN5O18P4. The van der Waals surface area contributed by atoms with Crippen LogP contribution in [0.5, 0.6) is 11.6 Å². The predicted octanol–water partition coefficient (Wildman–Crippen LogP) is 2.37. The van der Waals surface area contributed by atoms with Crippen molar-refractivity contribution in [2.75, 3.05) is 38.6 Å². The molecule has 0 unspecified atom stereocenters. The number of aromatic hydroxyl groups is 1. The Morgan fingerprint density at radius 1 is 0.649 bits per heavy atom. The van der Waals surface area contributed by atoms with Crippen LogP contribution in [0.2, 0.25) is 5.02 Å². The molecule has 2 aliphatic rings. The fraction of sp³-hybridized carbons (Fsp3) is 0.379. The van der Waals surface area contributed by atoms with Gasteiger partial charge in [-0.15, -0.1) is 0 Å². The Morgan fingerprint density at radius 2 is 1.07 bits per heavy atom. The zero-order chi connectivity index (χ0) is 43.4. The minimum absolute atomic E-state index is 0.417. The van der Waals surface area contributed by atoms with Gasteiger partial charge in [-0.2, -0.15) is 0 Å². The summed E-state index contributed by atoms with van der Waals surface area (Å²) in [5, 5.41) is 16.5. The minimum Gasteiger partial charge on any atom is -0.507 e. The molecule has 2 fully saturated rings. The molecular weight excluding hydrogens is 868 g/mol. The van der Waals surface area contributed by atoms with Crippen molar-refractivity contribution in [3.63, 3.8) is 0 Å². The van der Waals surface area contributed by atoms with Gasteiger partial charge in [0, 0.05) is 46.4 Å². The van der Waals surface area contributed by atoms with Crippen LogP contribution in [0.25, 0.3) is 21.9 Å². The van der Waals surface area contributed by atoms with E-state index in [1.165, 1.54) is 25.7 Å². The average molecular weight is 912 g/mol. The first kappa shape index (κ1) is 50.5. The number of anilines is 2. The second kappa shape index (κ2) is 22.1. The molecule has 320 valence electrons. The molecule has 0 spiro atoms. The lowest BCUT2D eigenvalue weighted by Crippen LogP contribution is -2.20. The number of phenolic OH excluding ortho intramolecular Hbond substituents is 1. The van der Waals surface area contributed by atoms with E-state index in [-0.39, 0.29) is 0 Å². The first-order valence-electron chi connectivity index (χ1n) is 16.2. The quantitative estimate of drug-likeness (QED) is 0.0547. The van der Waals surface area contributed by atoms with E-state index in [0.29, 0.717) is 16.7 Å². The molecule has 0 aliphatic carbocycles. The smallest absolute Gasteiger partial charge is 0.466 e. The third kappa shape index (κ3) is 22.3. The highest BCUT2D eigenvalue weighted by atomic mass is 35.5. The van der Waals surface area contributed by atoms with Gasteiger partial charge in [-0.3, -0.25) is 9.80 Å². The number of methoxy groups -OCH3 is 1. The van der Waals surface area contributed by atoms with Gasteiger partial charge in [-0.25, -0.2) is 28.2 Å². The monoisotopic (exact) mass is 911 g/mol. The standard InChI is InChI=1S/C29H32ClN5O2.4H3O4P/c1-37-26-9-8-24-28(33-26)27(23-7-6-21(30)16-25(23)32-24)31-22-14-19(17-34-10-2-3-11-34)29(36)20(15-22)18-35-12-4-5-13-35;4*1-5(2,3)4/h6-9,14-16,36H,2-5,10-13,17-18H2,1H3,(H,31,32);4*(H3,1,2,3,4)/i17+1,18+1;;;;. The topological polar surface area (TPSA) is 385 Å². The highest BCUT2D eigenvalue weighted by Gasteiger charge is 2.21. The number of nitrogens with zero attached hydrogens (tertiary/aromatic N) is 4. The molecule has 2 aliphatic heterocycles. The molecule has 2 aromatic carbocycles. The Labute approximate surface area is 329 Å². The Balaban J connectivity index is 0.000000465. The van der Waals surface area contributed by atoms with E-state index in [4.69, 9.17) is 103 Å². The van der Waals surface area contributed by atoms with Crippen LogP contribution in [0.15, 0.2) is 42.5 Å². The van der Waals surface area contributed by atoms with Crippen LogP contribution in [0.4, 0.5) is 11.4 Å². The molecule has 0 atom stereocenters. The molecule has 0 radical (unpaired) electrons. The maximum absolute atomic E-state index is 11.3. The number of hydrogen-bond donors (Lipinski definition) is 14. The highest BCUT2D eigenvalue weighted by Crippen LogP contribution is 2.37. The zero-order valence-corrected chi connectivity index (χ0v) is 34.3. The van der Waals surface area contributed by atoms with E-state index in [1.54, 1.807) is 7.11 Å². The normalized spacial score (nSPS) is 15.0. The Kier molecular flexibility index (Phi) is 19.5. The summed E-state index contributed by atoms with van der Waals surface area (Å²) in [7, 11) is -16.9. The molecule has 28 heteroatoms.